The molecule has 2 aliphatic heterocycles. The van der Waals surface area contributed by atoms with Gasteiger partial charge in [0.05, 0.1) is 19.3 Å². The van der Waals surface area contributed by atoms with E-state index in [4.69, 9.17) is 9.47 Å². The standard InChI is InChI=1S/C20H26F3NO5/c21-20(22,23)15-4-3-13(14(24-15)9-29-12-5-6-28-8-12)19(27)16-17(25)10-1-2-11(7-10)18(16)26/h10-16,24H,1-9H2. The maximum atomic E-state index is 13.3. The zero-order chi connectivity index (χ0) is 20.8. The summed E-state index contributed by atoms with van der Waals surface area (Å²) in [5.41, 5.74) is 0. The molecule has 6 atom stereocenters. The molecule has 4 aliphatic rings. The number of carbonyl (C=O) groups excluding carboxylic acids is 3. The molecule has 0 aromatic rings. The van der Waals surface area contributed by atoms with Crippen LogP contribution in [-0.4, -0.2) is 61.5 Å². The van der Waals surface area contributed by atoms with Gasteiger partial charge in [0.2, 0.25) is 0 Å². The molecule has 0 spiro atoms. The lowest BCUT2D eigenvalue weighted by Crippen LogP contribution is -2.59. The van der Waals surface area contributed by atoms with Crippen LogP contribution in [-0.2, 0) is 23.9 Å². The number of Topliss-reactive ketones (excluding diaryl/α,β-unsaturated/α-hetero) is 3. The first-order valence-corrected chi connectivity index (χ1v) is 10.4. The summed E-state index contributed by atoms with van der Waals surface area (Å²) in [4.78, 5) is 38.6. The van der Waals surface area contributed by atoms with E-state index in [0.29, 0.717) is 38.9 Å². The Bertz CT molecular complexity index is 654. The average Bonchev–Trinajstić information content (AvgIpc) is 3.35. The van der Waals surface area contributed by atoms with E-state index in [1.807, 2.05) is 0 Å². The molecule has 29 heavy (non-hydrogen) atoms. The fourth-order valence-corrected chi connectivity index (χ4v) is 5.26. The van der Waals surface area contributed by atoms with Gasteiger partial charge in [-0.2, -0.15) is 13.2 Å². The molecule has 0 aromatic heterocycles. The highest BCUT2D eigenvalue weighted by molar-refractivity contribution is 6.22. The molecule has 162 valence electrons. The fraction of sp³-hybridized carbons (Fsp3) is 0.850. The first-order chi connectivity index (χ1) is 13.8. The molecule has 2 aliphatic carbocycles. The van der Waals surface area contributed by atoms with Crippen LogP contribution in [0, 0.1) is 23.7 Å². The summed E-state index contributed by atoms with van der Waals surface area (Å²) in [7, 11) is 0. The number of carbonyl (C=O) groups is 3. The molecule has 6 unspecified atom stereocenters. The van der Waals surface area contributed by atoms with Crippen molar-refractivity contribution in [3.63, 3.8) is 0 Å². The molecule has 2 saturated carbocycles. The van der Waals surface area contributed by atoms with Gasteiger partial charge in [-0.1, -0.05) is 0 Å². The van der Waals surface area contributed by atoms with Gasteiger partial charge in [0.1, 0.15) is 12.0 Å². The molecule has 1 N–H and O–H groups in total. The van der Waals surface area contributed by atoms with E-state index in [0.717, 1.165) is 0 Å². The van der Waals surface area contributed by atoms with Crippen LogP contribution in [0.25, 0.3) is 0 Å². The van der Waals surface area contributed by atoms with E-state index in [-0.39, 0.29) is 49.0 Å². The number of nitrogens with one attached hydrogen (secondary N) is 1. The Balaban J connectivity index is 1.50. The highest BCUT2D eigenvalue weighted by Gasteiger charge is 2.53. The minimum absolute atomic E-state index is 0.0163. The second-order valence-corrected chi connectivity index (χ2v) is 8.72. The highest BCUT2D eigenvalue weighted by atomic mass is 19.4. The summed E-state index contributed by atoms with van der Waals surface area (Å²) in [6.45, 7) is 0.820. The van der Waals surface area contributed by atoms with Gasteiger partial charge in [-0.05, 0) is 38.5 Å². The first-order valence-electron chi connectivity index (χ1n) is 10.4. The summed E-state index contributed by atoms with van der Waals surface area (Å²) in [6, 6.07) is -2.61. The lowest BCUT2D eigenvalue weighted by molar-refractivity contribution is -0.171. The van der Waals surface area contributed by atoms with Crippen LogP contribution >= 0.6 is 0 Å². The minimum atomic E-state index is -4.43. The summed E-state index contributed by atoms with van der Waals surface area (Å²) >= 11 is 0. The van der Waals surface area contributed by atoms with Crippen LogP contribution in [0.1, 0.15) is 38.5 Å². The van der Waals surface area contributed by atoms with Gasteiger partial charge in [0.15, 0.2) is 17.3 Å². The van der Waals surface area contributed by atoms with Crippen LogP contribution in [0.3, 0.4) is 0 Å². The van der Waals surface area contributed by atoms with Crippen LogP contribution in [0.15, 0.2) is 0 Å². The smallest absolute Gasteiger partial charge is 0.379 e. The van der Waals surface area contributed by atoms with E-state index < -0.39 is 35.9 Å². The summed E-state index contributed by atoms with van der Waals surface area (Å²) in [6.07, 6.45) is -2.53. The molecule has 6 nitrogen and oxygen atoms in total. The van der Waals surface area contributed by atoms with Crippen LogP contribution in [0.2, 0.25) is 0 Å². The number of ketones is 3. The van der Waals surface area contributed by atoms with Gasteiger partial charge in [-0.25, -0.2) is 0 Å². The monoisotopic (exact) mass is 417 g/mol. The van der Waals surface area contributed by atoms with E-state index in [9.17, 15) is 27.6 Å². The zero-order valence-electron chi connectivity index (χ0n) is 16.1. The number of fused-ring (bicyclic) bond motifs is 2. The maximum Gasteiger partial charge on any atom is 0.403 e. The quantitative estimate of drug-likeness (QED) is 0.688. The molecule has 2 bridgehead atoms. The molecule has 0 aromatic carbocycles. The third kappa shape index (κ3) is 4.14. The Kier molecular flexibility index (Phi) is 5.83. The predicted molar refractivity (Wildman–Crippen MR) is 94.0 cm³/mol. The number of halogens is 3. The van der Waals surface area contributed by atoms with Crippen molar-refractivity contribution in [2.24, 2.45) is 23.7 Å². The van der Waals surface area contributed by atoms with Crippen molar-refractivity contribution in [3.8, 4) is 0 Å². The molecular formula is C20H26F3NO5. The van der Waals surface area contributed by atoms with Crippen LogP contribution in [0.4, 0.5) is 13.2 Å². The molecule has 2 saturated heterocycles. The first kappa shape index (κ1) is 20.9. The molecule has 4 fully saturated rings. The predicted octanol–water partition coefficient (Wildman–Crippen LogP) is 1.84. The summed E-state index contributed by atoms with van der Waals surface area (Å²) in [5.74, 6) is -3.89. The number of hydrogen-bond donors (Lipinski definition) is 1. The summed E-state index contributed by atoms with van der Waals surface area (Å²) < 4.78 is 50.7. The Hall–Kier alpha value is -1.32. The second-order valence-electron chi connectivity index (χ2n) is 8.72. The zero-order valence-corrected chi connectivity index (χ0v) is 16.1. The number of ether oxygens (including phenoxy) is 2. The minimum Gasteiger partial charge on any atom is -0.379 e. The molecular weight excluding hydrogens is 391 g/mol. The Morgan fingerprint density at radius 2 is 1.76 bits per heavy atom. The number of alkyl halides is 3. The normalized spacial score (nSPS) is 40.4. The lowest BCUT2D eigenvalue weighted by atomic mass is 9.71. The van der Waals surface area contributed by atoms with Crippen molar-refractivity contribution in [2.75, 3.05) is 19.8 Å². The molecule has 9 heteroatoms. The van der Waals surface area contributed by atoms with Gasteiger partial charge in [-0.15, -0.1) is 0 Å². The van der Waals surface area contributed by atoms with Crippen molar-refractivity contribution < 1.29 is 37.0 Å². The molecule has 0 radical (unpaired) electrons. The Morgan fingerprint density at radius 3 is 2.34 bits per heavy atom. The lowest BCUT2D eigenvalue weighted by Gasteiger charge is -2.39. The van der Waals surface area contributed by atoms with Gasteiger partial charge in [0, 0.05) is 30.4 Å². The van der Waals surface area contributed by atoms with E-state index in [1.165, 1.54) is 0 Å². The van der Waals surface area contributed by atoms with E-state index in [1.54, 1.807) is 0 Å². The van der Waals surface area contributed by atoms with Gasteiger partial charge >= 0.3 is 6.18 Å². The number of rotatable bonds is 5. The number of piperidine rings is 1. The van der Waals surface area contributed by atoms with Crippen LogP contribution in [0.5, 0.6) is 0 Å². The molecule has 2 heterocycles. The summed E-state index contributed by atoms with van der Waals surface area (Å²) in [5, 5.41) is 2.52. The SMILES string of the molecule is O=C1C2CCC(C2)C(=O)C1C(=O)C1CCC(C(F)(F)F)NC1COC1CCOC1. The third-order valence-electron chi connectivity index (χ3n) is 6.92. The number of hydrogen-bond acceptors (Lipinski definition) is 6. The van der Waals surface area contributed by atoms with Crippen molar-refractivity contribution in [1.29, 1.82) is 0 Å². The molecule has 4 rings (SSSR count). The van der Waals surface area contributed by atoms with Crippen LogP contribution < -0.4 is 5.32 Å². The van der Waals surface area contributed by atoms with Crippen molar-refractivity contribution in [3.05, 3.63) is 0 Å². The van der Waals surface area contributed by atoms with Crippen molar-refractivity contribution in [2.45, 2.75) is 62.9 Å². The largest absolute Gasteiger partial charge is 0.403 e. The van der Waals surface area contributed by atoms with E-state index in [2.05, 4.69) is 5.32 Å². The van der Waals surface area contributed by atoms with Crippen molar-refractivity contribution in [1.82, 2.24) is 5.32 Å². The van der Waals surface area contributed by atoms with Gasteiger partial charge in [-0.3, -0.25) is 14.4 Å². The maximum absolute atomic E-state index is 13.3. The Labute approximate surface area is 166 Å². The van der Waals surface area contributed by atoms with Gasteiger partial charge < -0.3 is 14.8 Å². The fourth-order valence-electron chi connectivity index (χ4n) is 5.26. The average molecular weight is 417 g/mol. The third-order valence-corrected chi connectivity index (χ3v) is 6.92. The Morgan fingerprint density at radius 1 is 1.07 bits per heavy atom. The topological polar surface area (TPSA) is 81.7 Å². The highest BCUT2D eigenvalue weighted by Crippen LogP contribution is 2.42. The van der Waals surface area contributed by atoms with Gasteiger partial charge in [0.25, 0.3) is 0 Å². The second kappa shape index (κ2) is 8.07. The van der Waals surface area contributed by atoms with Crippen molar-refractivity contribution >= 4 is 17.3 Å². The molecule has 0 amide bonds. The van der Waals surface area contributed by atoms with E-state index >= 15 is 0 Å².